The molecule has 3 aromatic carbocycles. The molecule has 0 atom stereocenters. The van der Waals surface area contributed by atoms with Gasteiger partial charge in [0.25, 0.3) is 0 Å². The molecule has 0 aliphatic rings. The maximum atomic E-state index is 14.4. The SMILES string of the molecule is CCCCc1ccc(-c2ccc3c(c2)c(=S)oc2c(F)c(C)ccc23)cc1. The van der Waals surface area contributed by atoms with Gasteiger partial charge in [0.1, 0.15) is 0 Å². The number of fused-ring (bicyclic) bond motifs is 3. The Hall–Kier alpha value is -2.52. The highest BCUT2D eigenvalue weighted by Crippen LogP contribution is 2.32. The van der Waals surface area contributed by atoms with Gasteiger partial charge in [-0.1, -0.05) is 61.9 Å². The molecule has 0 N–H and O–H groups in total. The molecule has 1 heterocycles. The Kier molecular flexibility index (Phi) is 4.79. The third-order valence-corrected chi connectivity index (χ3v) is 5.42. The van der Waals surface area contributed by atoms with Crippen LogP contribution in [0.4, 0.5) is 4.39 Å². The second-order valence-electron chi connectivity index (χ2n) is 7.02. The van der Waals surface area contributed by atoms with Crippen LogP contribution >= 0.6 is 12.2 Å². The predicted molar refractivity (Wildman–Crippen MR) is 113 cm³/mol. The molecule has 0 radical (unpaired) electrons. The number of rotatable bonds is 4. The molecule has 3 heteroatoms. The summed E-state index contributed by atoms with van der Waals surface area (Å²) in [6, 6.07) is 18.5. The van der Waals surface area contributed by atoms with Gasteiger partial charge in [0.05, 0.1) is 0 Å². The zero-order chi connectivity index (χ0) is 19.0. The van der Waals surface area contributed by atoms with Crippen LogP contribution in [-0.4, -0.2) is 0 Å². The first kappa shape index (κ1) is 17.9. The Bertz CT molecular complexity index is 1190. The summed E-state index contributed by atoms with van der Waals surface area (Å²) in [5.74, 6) is -0.341. The monoisotopic (exact) mass is 376 g/mol. The molecule has 0 amide bonds. The van der Waals surface area contributed by atoms with Crippen LogP contribution in [0.15, 0.2) is 59.0 Å². The summed E-state index contributed by atoms with van der Waals surface area (Å²) < 4.78 is 20.4. The number of aryl methyl sites for hydroxylation is 2. The van der Waals surface area contributed by atoms with E-state index < -0.39 is 0 Å². The van der Waals surface area contributed by atoms with Crippen molar-refractivity contribution >= 4 is 34.0 Å². The molecular formula is C24H21FOS. The molecular weight excluding hydrogens is 355 g/mol. The summed E-state index contributed by atoms with van der Waals surface area (Å²) >= 11 is 5.43. The fourth-order valence-electron chi connectivity index (χ4n) is 3.49. The Morgan fingerprint density at radius 1 is 0.889 bits per heavy atom. The average Bonchev–Trinajstić information content (AvgIpc) is 2.70. The zero-order valence-electron chi connectivity index (χ0n) is 15.5. The summed E-state index contributed by atoms with van der Waals surface area (Å²) in [5.41, 5.74) is 4.37. The van der Waals surface area contributed by atoms with E-state index in [4.69, 9.17) is 16.6 Å². The van der Waals surface area contributed by atoms with E-state index in [2.05, 4.69) is 37.3 Å². The maximum absolute atomic E-state index is 14.4. The largest absolute Gasteiger partial charge is 0.441 e. The van der Waals surface area contributed by atoms with Crippen LogP contribution in [-0.2, 0) is 6.42 Å². The molecule has 136 valence electrons. The molecule has 0 aliphatic heterocycles. The lowest BCUT2D eigenvalue weighted by Gasteiger charge is -2.09. The third-order valence-electron chi connectivity index (χ3n) is 5.12. The summed E-state index contributed by atoms with van der Waals surface area (Å²) in [5, 5.41) is 2.51. The summed E-state index contributed by atoms with van der Waals surface area (Å²) in [6.45, 7) is 3.93. The lowest BCUT2D eigenvalue weighted by Crippen LogP contribution is -1.88. The van der Waals surface area contributed by atoms with Crippen LogP contribution in [0.5, 0.6) is 0 Å². The lowest BCUT2D eigenvalue weighted by atomic mass is 9.98. The number of halogens is 1. The maximum Gasteiger partial charge on any atom is 0.198 e. The quantitative estimate of drug-likeness (QED) is 0.266. The zero-order valence-corrected chi connectivity index (χ0v) is 16.3. The Morgan fingerprint density at radius 3 is 2.33 bits per heavy atom. The molecule has 0 spiro atoms. The second-order valence-corrected chi connectivity index (χ2v) is 7.39. The summed E-state index contributed by atoms with van der Waals surface area (Å²) in [4.78, 5) is 0. The Balaban J connectivity index is 1.83. The van der Waals surface area contributed by atoms with Gasteiger partial charge in [0, 0.05) is 10.8 Å². The van der Waals surface area contributed by atoms with Crippen molar-refractivity contribution in [3.8, 4) is 11.1 Å². The summed E-state index contributed by atoms with van der Waals surface area (Å²) in [6.07, 6.45) is 3.52. The molecule has 1 aromatic heterocycles. The number of hydrogen-bond acceptors (Lipinski definition) is 2. The van der Waals surface area contributed by atoms with E-state index in [1.165, 1.54) is 18.4 Å². The number of benzene rings is 3. The topological polar surface area (TPSA) is 13.1 Å². The van der Waals surface area contributed by atoms with E-state index >= 15 is 0 Å². The molecule has 0 unspecified atom stereocenters. The van der Waals surface area contributed by atoms with Crippen LogP contribution < -0.4 is 0 Å². The van der Waals surface area contributed by atoms with Crippen molar-refractivity contribution in [2.24, 2.45) is 0 Å². The predicted octanol–water partition coefficient (Wildman–Crippen LogP) is 7.77. The molecule has 4 rings (SSSR count). The van der Waals surface area contributed by atoms with Crippen molar-refractivity contribution in [3.05, 3.63) is 76.2 Å². The van der Waals surface area contributed by atoms with Gasteiger partial charge in [0.2, 0.25) is 0 Å². The number of hydrogen-bond donors (Lipinski definition) is 0. The fourth-order valence-corrected chi connectivity index (χ4v) is 3.74. The minimum absolute atomic E-state index is 0.237. The van der Waals surface area contributed by atoms with Gasteiger partial charge in [-0.05, 0) is 65.7 Å². The van der Waals surface area contributed by atoms with Crippen molar-refractivity contribution in [3.63, 3.8) is 0 Å². The molecule has 0 aliphatic carbocycles. The Labute approximate surface area is 163 Å². The van der Waals surface area contributed by atoms with E-state index in [-0.39, 0.29) is 11.4 Å². The van der Waals surface area contributed by atoms with E-state index in [1.807, 2.05) is 18.2 Å². The highest BCUT2D eigenvalue weighted by molar-refractivity contribution is 7.71. The van der Waals surface area contributed by atoms with Crippen molar-refractivity contribution in [1.82, 2.24) is 0 Å². The van der Waals surface area contributed by atoms with Crippen molar-refractivity contribution < 1.29 is 8.81 Å². The van der Waals surface area contributed by atoms with Crippen LogP contribution in [0.1, 0.15) is 30.9 Å². The van der Waals surface area contributed by atoms with E-state index in [9.17, 15) is 4.39 Å². The van der Waals surface area contributed by atoms with Gasteiger partial charge < -0.3 is 4.42 Å². The lowest BCUT2D eigenvalue weighted by molar-refractivity contribution is 0.542. The minimum atomic E-state index is -0.341. The third kappa shape index (κ3) is 3.28. The smallest absolute Gasteiger partial charge is 0.198 e. The highest BCUT2D eigenvalue weighted by atomic mass is 32.1. The molecule has 27 heavy (non-hydrogen) atoms. The first-order valence-electron chi connectivity index (χ1n) is 9.33. The average molecular weight is 376 g/mol. The number of unbranched alkanes of at least 4 members (excludes halogenated alkanes) is 1. The molecule has 0 saturated heterocycles. The van der Waals surface area contributed by atoms with Crippen LogP contribution in [0.2, 0.25) is 0 Å². The normalized spacial score (nSPS) is 11.4. The molecule has 0 fully saturated rings. The highest BCUT2D eigenvalue weighted by Gasteiger charge is 2.12. The van der Waals surface area contributed by atoms with Crippen molar-refractivity contribution in [2.75, 3.05) is 0 Å². The van der Waals surface area contributed by atoms with E-state index in [0.717, 1.165) is 33.7 Å². The van der Waals surface area contributed by atoms with E-state index in [0.29, 0.717) is 10.3 Å². The van der Waals surface area contributed by atoms with Crippen LogP contribution in [0, 0.1) is 17.4 Å². The minimum Gasteiger partial charge on any atom is -0.441 e. The molecule has 1 nitrogen and oxygen atoms in total. The van der Waals surface area contributed by atoms with Crippen molar-refractivity contribution in [1.29, 1.82) is 0 Å². The van der Waals surface area contributed by atoms with Gasteiger partial charge in [-0.25, -0.2) is 4.39 Å². The molecule has 4 aromatic rings. The standard InChI is InChI=1S/C24H21FOS/c1-3-4-5-16-7-9-17(10-8-16)18-11-13-19-20-12-6-15(2)22(25)23(20)26-24(27)21(19)14-18/h6-14H,3-5H2,1-2H3. The van der Waals surface area contributed by atoms with Gasteiger partial charge >= 0.3 is 0 Å². The Morgan fingerprint density at radius 2 is 1.59 bits per heavy atom. The van der Waals surface area contributed by atoms with Crippen LogP contribution in [0.3, 0.4) is 0 Å². The first-order valence-corrected chi connectivity index (χ1v) is 9.74. The van der Waals surface area contributed by atoms with Gasteiger partial charge in [-0.2, -0.15) is 0 Å². The van der Waals surface area contributed by atoms with Crippen LogP contribution in [0.25, 0.3) is 32.9 Å². The van der Waals surface area contributed by atoms with Gasteiger partial charge in [-0.3, -0.25) is 0 Å². The van der Waals surface area contributed by atoms with Crippen molar-refractivity contribution in [2.45, 2.75) is 33.1 Å². The molecule has 0 saturated carbocycles. The molecule has 0 bridgehead atoms. The van der Waals surface area contributed by atoms with Gasteiger partial charge in [-0.15, -0.1) is 0 Å². The fraction of sp³-hybridized carbons (Fsp3) is 0.208. The van der Waals surface area contributed by atoms with E-state index in [1.54, 1.807) is 13.0 Å². The van der Waals surface area contributed by atoms with Gasteiger partial charge in [0.15, 0.2) is 16.1 Å². The second kappa shape index (κ2) is 7.24. The first-order chi connectivity index (χ1) is 13.1. The summed E-state index contributed by atoms with van der Waals surface area (Å²) in [7, 11) is 0.